The van der Waals surface area contributed by atoms with E-state index in [1.165, 1.54) is 17.7 Å². The lowest BCUT2D eigenvalue weighted by atomic mass is 9.91. The lowest BCUT2D eigenvalue weighted by Gasteiger charge is -2.37. The van der Waals surface area contributed by atoms with Crippen LogP contribution in [0.1, 0.15) is 42.5 Å². The molecule has 0 radical (unpaired) electrons. The normalized spacial score (nSPS) is 19.5. The molecule has 3 rings (SSSR count). The van der Waals surface area contributed by atoms with Gasteiger partial charge in [0.05, 0.1) is 12.0 Å². The number of carboxylic acids is 1. The summed E-state index contributed by atoms with van der Waals surface area (Å²) in [6.45, 7) is 3.49. The third-order valence-electron chi connectivity index (χ3n) is 5.06. The smallest absolute Gasteiger partial charge is 0.307 e. The van der Waals surface area contributed by atoms with Gasteiger partial charge >= 0.3 is 5.97 Å². The minimum atomic E-state index is -0.733. The number of carboxylic acid groups (broad SMARTS) is 1. The van der Waals surface area contributed by atoms with Gasteiger partial charge in [-0.1, -0.05) is 43.3 Å². The van der Waals surface area contributed by atoms with Crippen molar-refractivity contribution in [2.45, 2.75) is 32.2 Å². The maximum absolute atomic E-state index is 13.4. The summed E-state index contributed by atoms with van der Waals surface area (Å²) in [4.78, 5) is 13.7. The Hall–Kier alpha value is -2.20. The molecular weight excluding hydrogens is 317 g/mol. The molecular formula is C21H24FNO2. The number of aryl methyl sites for hydroxylation is 1. The average molecular weight is 341 g/mol. The molecule has 0 saturated carbocycles. The van der Waals surface area contributed by atoms with Gasteiger partial charge in [-0.3, -0.25) is 9.69 Å². The molecule has 4 heteroatoms. The maximum atomic E-state index is 13.4. The molecule has 1 fully saturated rings. The summed E-state index contributed by atoms with van der Waals surface area (Å²) in [6.07, 6.45) is 2.56. The Bertz CT molecular complexity index is 712. The average Bonchev–Trinajstić information content (AvgIpc) is 2.64. The van der Waals surface area contributed by atoms with Gasteiger partial charge in [-0.15, -0.1) is 0 Å². The van der Waals surface area contributed by atoms with E-state index in [2.05, 4.69) is 36.1 Å². The lowest BCUT2D eigenvalue weighted by molar-refractivity contribution is -0.143. The maximum Gasteiger partial charge on any atom is 0.307 e. The van der Waals surface area contributed by atoms with Crippen molar-refractivity contribution < 1.29 is 14.3 Å². The molecule has 0 aliphatic carbocycles. The quantitative estimate of drug-likeness (QED) is 0.883. The van der Waals surface area contributed by atoms with Crippen molar-refractivity contribution >= 4 is 5.97 Å². The number of carbonyl (C=O) groups is 1. The molecule has 1 aliphatic rings. The highest BCUT2D eigenvalue weighted by atomic mass is 19.1. The molecule has 2 aromatic carbocycles. The van der Waals surface area contributed by atoms with Gasteiger partial charge in [-0.05, 0) is 54.6 Å². The standard InChI is InChI=1S/C21H24FNO2/c1-2-15-5-7-16(8-6-15)20(17-9-11-19(22)12-10-17)23-13-3-4-18(14-23)21(24)25/h5-12,18,20H,2-4,13-14H2,1H3,(H,24,25). The van der Waals surface area contributed by atoms with Crippen molar-refractivity contribution in [3.05, 3.63) is 71.0 Å². The van der Waals surface area contributed by atoms with Crippen molar-refractivity contribution in [3.8, 4) is 0 Å². The van der Waals surface area contributed by atoms with Gasteiger partial charge in [0.2, 0.25) is 0 Å². The van der Waals surface area contributed by atoms with Gasteiger partial charge in [-0.2, -0.15) is 0 Å². The zero-order chi connectivity index (χ0) is 17.8. The first-order valence-corrected chi connectivity index (χ1v) is 8.89. The van der Waals surface area contributed by atoms with Crippen LogP contribution in [0, 0.1) is 11.7 Å². The third-order valence-corrected chi connectivity index (χ3v) is 5.06. The third kappa shape index (κ3) is 4.07. The lowest BCUT2D eigenvalue weighted by Crippen LogP contribution is -2.41. The molecule has 2 aromatic rings. The molecule has 1 heterocycles. The number of piperidine rings is 1. The number of nitrogens with zero attached hydrogens (tertiary/aromatic N) is 1. The number of halogens is 1. The molecule has 1 saturated heterocycles. The van der Waals surface area contributed by atoms with E-state index >= 15 is 0 Å². The van der Waals surface area contributed by atoms with Crippen LogP contribution < -0.4 is 0 Å². The van der Waals surface area contributed by atoms with E-state index in [0.29, 0.717) is 6.54 Å². The molecule has 0 bridgehead atoms. The predicted molar refractivity (Wildman–Crippen MR) is 96.0 cm³/mol. The van der Waals surface area contributed by atoms with Crippen LogP contribution in [0.25, 0.3) is 0 Å². The van der Waals surface area contributed by atoms with Gasteiger partial charge in [0.25, 0.3) is 0 Å². The van der Waals surface area contributed by atoms with Gasteiger partial charge in [0, 0.05) is 6.54 Å². The molecule has 132 valence electrons. The highest BCUT2D eigenvalue weighted by molar-refractivity contribution is 5.70. The second-order valence-electron chi connectivity index (χ2n) is 6.72. The van der Waals surface area contributed by atoms with Gasteiger partial charge in [0.15, 0.2) is 0 Å². The fraction of sp³-hybridized carbons (Fsp3) is 0.381. The highest BCUT2D eigenvalue weighted by Crippen LogP contribution is 2.33. The van der Waals surface area contributed by atoms with Gasteiger partial charge < -0.3 is 5.11 Å². The van der Waals surface area contributed by atoms with Crippen LogP contribution >= 0.6 is 0 Å². The molecule has 0 spiro atoms. The number of aliphatic carboxylic acids is 1. The van der Waals surface area contributed by atoms with E-state index in [0.717, 1.165) is 36.9 Å². The number of hydrogen-bond acceptors (Lipinski definition) is 2. The van der Waals surface area contributed by atoms with E-state index in [1.807, 2.05) is 0 Å². The first kappa shape index (κ1) is 17.6. The van der Waals surface area contributed by atoms with Crippen molar-refractivity contribution in [2.24, 2.45) is 5.92 Å². The summed E-state index contributed by atoms with van der Waals surface area (Å²) in [5.41, 5.74) is 3.38. The van der Waals surface area contributed by atoms with E-state index in [-0.39, 0.29) is 17.8 Å². The minimum absolute atomic E-state index is 0.0475. The molecule has 2 atom stereocenters. The predicted octanol–water partition coefficient (Wildman–Crippen LogP) is 4.27. The number of hydrogen-bond donors (Lipinski definition) is 1. The van der Waals surface area contributed by atoms with E-state index < -0.39 is 5.97 Å². The summed E-state index contributed by atoms with van der Waals surface area (Å²) >= 11 is 0. The summed E-state index contributed by atoms with van der Waals surface area (Å²) in [5.74, 6) is -1.33. The topological polar surface area (TPSA) is 40.5 Å². The second-order valence-corrected chi connectivity index (χ2v) is 6.72. The summed E-state index contributed by atoms with van der Waals surface area (Å²) in [6, 6.07) is 15.0. The van der Waals surface area contributed by atoms with Crippen LogP contribution in [-0.4, -0.2) is 29.1 Å². The van der Waals surface area contributed by atoms with Crippen LogP contribution in [0.2, 0.25) is 0 Å². The van der Waals surface area contributed by atoms with Gasteiger partial charge in [0.1, 0.15) is 5.82 Å². The van der Waals surface area contributed by atoms with E-state index in [1.54, 1.807) is 12.1 Å². The van der Waals surface area contributed by atoms with Crippen LogP contribution in [0.3, 0.4) is 0 Å². The Balaban J connectivity index is 1.95. The minimum Gasteiger partial charge on any atom is -0.481 e. The summed E-state index contributed by atoms with van der Waals surface area (Å²) in [5, 5.41) is 9.41. The van der Waals surface area contributed by atoms with Crippen molar-refractivity contribution in [2.75, 3.05) is 13.1 Å². The zero-order valence-corrected chi connectivity index (χ0v) is 14.5. The monoisotopic (exact) mass is 341 g/mol. The first-order valence-electron chi connectivity index (χ1n) is 8.89. The van der Waals surface area contributed by atoms with Crippen LogP contribution in [0.4, 0.5) is 4.39 Å². The SMILES string of the molecule is CCc1ccc(C(c2ccc(F)cc2)N2CCCC(C(=O)O)C2)cc1. The number of rotatable bonds is 5. The molecule has 0 amide bonds. The number of likely N-dealkylation sites (tertiary alicyclic amines) is 1. The Morgan fingerprint density at radius 1 is 1.16 bits per heavy atom. The van der Waals surface area contributed by atoms with Crippen molar-refractivity contribution in [1.82, 2.24) is 4.90 Å². The van der Waals surface area contributed by atoms with Gasteiger partial charge in [-0.25, -0.2) is 4.39 Å². The summed E-state index contributed by atoms with van der Waals surface area (Å²) < 4.78 is 13.4. The van der Waals surface area contributed by atoms with Crippen molar-refractivity contribution in [3.63, 3.8) is 0 Å². The Kier molecular flexibility index (Phi) is 5.49. The Labute approximate surface area is 148 Å². The highest BCUT2D eigenvalue weighted by Gasteiger charge is 2.31. The fourth-order valence-electron chi connectivity index (χ4n) is 3.64. The van der Waals surface area contributed by atoms with E-state index in [4.69, 9.17) is 0 Å². The molecule has 2 unspecified atom stereocenters. The molecule has 1 N–H and O–H groups in total. The van der Waals surface area contributed by atoms with Crippen molar-refractivity contribution in [1.29, 1.82) is 0 Å². The Morgan fingerprint density at radius 3 is 2.32 bits per heavy atom. The van der Waals surface area contributed by atoms with Crippen LogP contribution in [-0.2, 0) is 11.2 Å². The summed E-state index contributed by atoms with van der Waals surface area (Å²) in [7, 11) is 0. The molecule has 0 aromatic heterocycles. The Morgan fingerprint density at radius 2 is 1.76 bits per heavy atom. The first-order chi connectivity index (χ1) is 12.1. The fourth-order valence-corrected chi connectivity index (χ4v) is 3.64. The largest absolute Gasteiger partial charge is 0.481 e. The van der Waals surface area contributed by atoms with Crippen LogP contribution in [0.5, 0.6) is 0 Å². The molecule has 1 aliphatic heterocycles. The second kappa shape index (κ2) is 7.79. The van der Waals surface area contributed by atoms with E-state index in [9.17, 15) is 14.3 Å². The van der Waals surface area contributed by atoms with Crippen LogP contribution in [0.15, 0.2) is 48.5 Å². The molecule has 3 nitrogen and oxygen atoms in total. The number of benzene rings is 2. The zero-order valence-electron chi connectivity index (χ0n) is 14.5. The molecule has 25 heavy (non-hydrogen) atoms.